The van der Waals surface area contributed by atoms with E-state index in [2.05, 4.69) is 6.92 Å². The Morgan fingerprint density at radius 1 is 1.29 bits per heavy atom. The van der Waals surface area contributed by atoms with E-state index in [4.69, 9.17) is 11.6 Å². The van der Waals surface area contributed by atoms with Crippen LogP contribution >= 0.6 is 22.9 Å². The maximum Gasteiger partial charge on any atom is 0.203 e. The van der Waals surface area contributed by atoms with Crippen molar-refractivity contribution in [3.63, 3.8) is 0 Å². The van der Waals surface area contributed by atoms with Crippen molar-refractivity contribution in [2.24, 2.45) is 0 Å². The van der Waals surface area contributed by atoms with Crippen molar-refractivity contribution >= 4 is 28.7 Å². The predicted molar refractivity (Wildman–Crippen MR) is 73.3 cm³/mol. The molecule has 0 unspecified atom stereocenters. The summed E-state index contributed by atoms with van der Waals surface area (Å²) in [5.74, 6) is 0.0524. The maximum atomic E-state index is 12.2. The molecular formula is C14H13ClOS. The molecular weight excluding hydrogens is 252 g/mol. The second-order valence-electron chi connectivity index (χ2n) is 3.91. The average molecular weight is 265 g/mol. The van der Waals surface area contributed by atoms with Crippen LogP contribution in [0.4, 0.5) is 0 Å². The first-order chi connectivity index (χ1) is 8.11. The fraction of sp³-hybridized carbons (Fsp3) is 0.214. The van der Waals surface area contributed by atoms with Gasteiger partial charge >= 0.3 is 0 Å². The van der Waals surface area contributed by atoms with Gasteiger partial charge in [-0.15, -0.1) is 11.3 Å². The van der Waals surface area contributed by atoms with Gasteiger partial charge in [-0.3, -0.25) is 4.79 Å². The van der Waals surface area contributed by atoms with Gasteiger partial charge in [-0.25, -0.2) is 0 Å². The second kappa shape index (κ2) is 5.03. The quantitative estimate of drug-likeness (QED) is 0.746. The van der Waals surface area contributed by atoms with E-state index in [9.17, 15) is 4.79 Å². The van der Waals surface area contributed by atoms with Crippen LogP contribution in [0.5, 0.6) is 0 Å². The van der Waals surface area contributed by atoms with E-state index in [1.807, 2.05) is 31.2 Å². The summed E-state index contributed by atoms with van der Waals surface area (Å²) >= 11 is 7.58. The van der Waals surface area contributed by atoms with E-state index in [1.54, 1.807) is 17.4 Å². The molecule has 0 atom stereocenters. The van der Waals surface area contributed by atoms with Crippen molar-refractivity contribution in [2.75, 3.05) is 0 Å². The molecule has 3 heteroatoms. The summed E-state index contributed by atoms with van der Waals surface area (Å²) in [4.78, 5) is 14.2. The molecule has 1 heterocycles. The lowest BCUT2D eigenvalue weighted by molar-refractivity contribution is 0.104. The summed E-state index contributed by atoms with van der Waals surface area (Å²) in [5.41, 5.74) is 1.65. The highest BCUT2D eigenvalue weighted by atomic mass is 35.5. The molecule has 0 saturated carbocycles. The van der Waals surface area contributed by atoms with Gasteiger partial charge in [-0.2, -0.15) is 0 Å². The molecule has 0 radical (unpaired) electrons. The van der Waals surface area contributed by atoms with Crippen LogP contribution in [0.25, 0.3) is 0 Å². The highest BCUT2D eigenvalue weighted by molar-refractivity contribution is 7.14. The fourth-order valence-corrected chi connectivity index (χ4v) is 2.66. The molecule has 1 aromatic heterocycles. The zero-order chi connectivity index (χ0) is 12.4. The summed E-state index contributed by atoms with van der Waals surface area (Å²) in [6.07, 6.45) is 0.965. The Hall–Kier alpha value is -1.12. The molecule has 0 aliphatic heterocycles. The van der Waals surface area contributed by atoms with Gasteiger partial charge in [0, 0.05) is 15.5 Å². The maximum absolute atomic E-state index is 12.2. The second-order valence-corrected chi connectivity index (χ2v) is 5.49. The van der Waals surface area contributed by atoms with Gasteiger partial charge in [0.2, 0.25) is 5.78 Å². The summed E-state index contributed by atoms with van der Waals surface area (Å²) in [6, 6.07) is 9.34. The Balaban J connectivity index is 2.33. The van der Waals surface area contributed by atoms with Gasteiger partial charge in [0.25, 0.3) is 0 Å². The monoisotopic (exact) mass is 264 g/mol. The lowest BCUT2D eigenvalue weighted by atomic mass is 10.1. The standard InChI is InChI=1S/C14H13ClOS/c1-3-11-6-7-13(17-11)14(16)10-5-4-9(2)12(15)8-10/h4-8H,3H2,1-2H3. The highest BCUT2D eigenvalue weighted by Gasteiger charge is 2.12. The van der Waals surface area contributed by atoms with E-state index in [-0.39, 0.29) is 5.78 Å². The largest absolute Gasteiger partial charge is 0.288 e. The molecule has 0 N–H and O–H groups in total. The molecule has 0 spiro atoms. The van der Waals surface area contributed by atoms with Crippen molar-refractivity contribution < 1.29 is 4.79 Å². The Labute approximate surface area is 110 Å². The van der Waals surface area contributed by atoms with Crippen molar-refractivity contribution in [2.45, 2.75) is 20.3 Å². The molecule has 0 saturated heterocycles. The third-order valence-corrected chi connectivity index (χ3v) is 4.30. The molecule has 2 aromatic rings. The first-order valence-electron chi connectivity index (χ1n) is 5.51. The van der Waals surface area contributed by atoms with Crippen molar-refractivity contribution in [3.8, 4) is 0 Å². The molecule has 2 rings (SSSR count). The van der Waals surface area contributed by atoms with E-state index in [0.717, 1.165) is 16.9 Å². The van der Waals surface area contributed by atoms with Gasteiger partial charge in [0.1, 0.15) is 0 Å². The molecule has 0 aliphatic carbocycles. The van der Waals surface area contributed by atoms with Gasteiger partial charge in [0.05, 0.1) is 4.88 Å². The summed E-state index contributed by atoms with van der Waals surface area (Å²) in [6.45, 7) is 4.01. The van der Waals surface area contributed by atoms with Crippen LogP contribution in [-0.4, -0.2) is 5.78 Å². The number of rotatable bonds is 3. The van der Waals surface area contributed by atoms with Crippen LogP contribution in [0.3, 0.4) is 0 Å². The molecule has 1 aromatic carbocycles. The van der Waals surface area contributed by atoms with Crippen LogP contribution in [0.15, 0.2) is 30.3 Å². The van der Waals surface area contributed by atoms with Crippen LogP contribution in [-0.2, 0) is 6.42 Å². The third-order valence-electron chi connectivity index (χ3n) is 2.67. The molecule has 0 fully saturated rings. The number of hydrogen-bond donors (Lipinski definition) is 0. The first-order valence-corrected chi connectivity index (χ1v) is 6.71. The summed E-state index contributed by atoms with van der Waals surface area (Å²) < 4.78 is 0. The van der Waals surface area contributed by atoms with Crippen LogP contribution < -0.4 is 0 Å². The van der Waals surface area contributed by atoms with Crippen LogP contribution in [0.2, 0.25) is 5.02 Å². The van der Waals surface area contributed by atoms with Gasteiger partial charge < -0.3 is 0 Å². The number of thiophene rings is 1. The summed E-state index contributed by atoms with van der Waals surface area (Å²) in [7, 11) is 0. The van der Waals surface area contributed by atoms with E-state index in [1.165, 1.54) is 4.88 Å². The lowest BCUT2D eigenvalue weighted by Gasteiger charge is -2.01. The Morgan fingerprint density at radius 2 is 2.06 bits per heavy atom. The predicted octanol–water partition coefficient (Wildman–Crippen LogP) is 4.50. The van der Waals surface area contributed by atoms with Crippen molar-refractivity contribution in [1.82, 2.24) is 0 Å². The molecule has 88 valence electrons. The fourth-order valence-electron chi connectivity index (χ4n) is 1.57. The first kappa shape index (κ1) is 12.3. The lowest BCUT2D eigenvalue weighted by Crippen LogP contribution is -1.98. The minimum absolute atomic E-state index is 0.0524. The third kappa shape index (κ3) is 2.59. The van der Waals surface area contributed by atoms with E-state index >= 15 is 0 Å². The number of halogens is 1. The number of carbonyl (C=O) groups excluding carboxylic acids is 1. The van der Waals surface area contributed by atoms with E-state index < -0.39 is 0 Å². The zero-order valence-corrected chi connectivity index (χ0v) is 11.4. The van der Waals surface area contributed by atoms with Crippen LogP contribution in [0, 0.1) is 6.92 Å². The minimum atomic E-state index is 0.0524. The number of carbonyl (C=O) groups is 1. The molecule has 0 bridgehead atoms. The van der Waals surface area contributed by atoms with Crippen molar-refractivity contribution in [3.05, 3.63) is 56.2 Å². The number of benzene rings is 1. The number of ketones is 1. The van der Waals surface area contributed by atoms with Gasteiger partial charge in [0.15, 0.2) is 0 Å². The normalized spacial score (nSPS) is 10.5. The number of aryl methyl sites for hydroxylation is 2. The number of hydrogen-bond acceptors (Lipinski definition) is 2. The Bertz CT molecular complexity index is 557. The van der Waals surface area contributed by atoms with Crippen LogP contribution in [0.1, 0.15) is 32.6 Å². The zero-order valence-electron chi connectivity index (χ0n) is 9.79. The molecule has 0 aliphatic rings. The summed E-state index contributed by atoms with van der Waals surface area (Å²) in [5, 5.41) is 0.642. The van der Waals surface area contributed by atoms with E-state index in [0.29, 0.717) is 10.6 Å². The van der Waals surface area contributed by atoms with Gasteiger partial charge in [-0.1, -0.05) is 30.7 Å². The molecule has 1 nitrogen and oxygen atoms in total. The topological polar surface area (TPSA) is 17.1 Å². The van der Waals surface area contributed by atoms with Crippen molar-refractivity contribution in [1.29, 1.82) is 0 Å². The Kier molecular flexibility index (Phi) is 3.65. The SMILES string of the molecule is CCc1ccc(C(=O)c2ccc(C)c(Cl)c2)s1. The smallest absolute Gasteiger partial charge is 0.203 e. The minimum Gasteiger partial charge on any atom is -0.288 e. The Morgan fingerprint density at radius 3 is 2.65 bits per heavy atom. The molecule has 0 amide bonds. The highest BCUT2D eigenvalue weighted by Crippen LogP contribution is 2.23. The molecule has 17 heavy (non-hydrogen) atoms. The average Bonchev–Trinajstić information content (AvgIpc) is 2.80. The van der Waals surface area contributed by atoms with Gasteiger partial charge in [-0.05, 0) is 37.1 Å².